The molecule has 0 unspecified atom stereocenters. The second kappa shape index (κ2) is 8.04. The van der Waals surface area contributed by atoms with Crippen molar-refractivity contribution >= 4 is 18.0 Å². The van der Waals surface area contributed by atoms with Gasteiger partial charge in [0.15, 0.2) is 0 Å². The van der Waals surface area contributed by atoms with E-state index in [0.717, 1.165) is 24.2 Å². The molecule has 30 heavy (non-hydrogen) atoms. The second-order valence-corrected chi connectivity index (χ2v) is 8.42. The molecule has 0 bridgehead atoms. The minimum absolute atomic E-state index is 0.0378. The van der Waals surface area contributed by atoms with Crippen LogP contribution >= 0.6 is 0 Å². The van der Waals surface area contributed by atoms with Gasteiger partial charge in [-0.2, -0.15) is 0 Å². The Balaban J connectivity index is 1.34. The number of piperidine rings is 1. The minimum Gasteiger partial charge on any atom is -0.493 e. The van der Waals surface area contributed by atoms with E-state index < -0.39 is 12.3 Å². The molecule has 1 aromatic carbocycles. The first-order valence-electron chi connectivity index (χ1n) is 10.4. The number of carbonyl (C=O) groups is 3. The first-order valence-corrected chi connectivity index (χ1v) is 10.4. The van der Waals surface area contributed by atoms with Crippen molar-refractivity contribution in [2.75, 3.05) is 40.3 Å². The van der Waals surface area contributed by atoms with Gasteiger partial charge in [-0.25, -0.2) is 9.59 Å². The van der Waals surface area contributed by atoms with Gasteiger partial charge in [0.2, 0.25) is 5.91 Å². The zero-order valence-corrected chi connectivity index (χ0v) is 17.7. The number of likely N-dealkylation sites (tertiary alicyclic amines) is 1. The van der Waals surface area contributed by atoms with E-state index >= 15 is 0 Å². The lowest BCUT2D eigenvalue weighted by molar-refractivity contribution is -0.134. The molecular formula is C21H29N5O4. The topological polar surface area (TPSA) is 85.4 Å². The van der Waals surface area contributed by atoms with Gasteiger partial charge in [0.1, 0.15) is 24.6 Å². The number of hydrogen-bond donors (Lipinski definition) is 1. The van der Waals surface area contributed by atoms with Crippen LogP contribution in [0.15, 0.2) is 24.3 Å². The summed E-state index contributed by atoms with van der Waals surface area (Å²) in [6.07, 6.45) is 1.02. The number of benzene rings is 1. The lowest BCUT2D eigenvalue weighted by Gasteiger charge is -2.34. The summed E-state index contributed by atoms with van der Waals surface area (Å²) in [6.45, 7) is 3.84. The monoisotopic (exact) mass is 415 g/mol. The van der Waals surface area contributed by atoms with Gasteiger partial charge in [0.05, 0.1) is 6.61 Å². The van der Waals surface area contributed by atoms with Crippen LogP contribution in [-0.2, 0) is 4.79 Å². The number of nitrogens with one attached hydrogen (secondary N) is 1. The predicted molar refractivity (Wildman–Crippen MR) is 110 cm³/mol. The number of aryl methyl sites for hydroxylation is 1. The van der Waals surface area contributed by atoms with Crippen molar-refractivity contribution in [1.82, 2.24) is 24.9 Å². The first kappa shape index (κ1) is 20.3. The standard InChI is InChI=1S/C21H29N5O4/c1-14-6-4-8-16(10-14)30-13-15-7-5-9-25(11-15)17(27)12-26-19-18(22-20(26)28)23(2)21(29)24(19)3/h4,6,8,10,15,18-19H,5,7,9,11-13H2,1-3H3,(H,22,28)/t15-,18-,19+/m1/s1. The van der Waals surface area contributed by atoms with Crippen LogP contribution in [-0.4, -0.2) is 90.2 Å². The fourth-order valence-corrected chi connectivity index (χ4v) is 4.53. The summed E-state index contributed by atoms with van der Waals surface area (Å²) in [7, 11) is 3.30. The molecule has 0 spiro atoms. The van der Waals surface area contributed by atoms with Crippen molar-refractivity contribution in [2.24, 2.45) is 5.92 Å². The molecule has 0 aliphatic carbocycles. The molecule has 0 saturated carbocycles. The van der Waals surface area contributed by atoms with Gasteiger partial charge in [-0.3, -0.25) is 9.69 Å². The number of carbonyl (C=O) groups excluding carboxylic acids is 3. The lowest BCUT2D eigenvalue weighted by atomic mass is 9.99. The molecule has 1 aromatic rings. The Hall–Kier alpha value is -2.97. The SMILES string of the molecule is Cc1cccc(OC[C@@H]2CCCN(C(=O)CN3C(=O)N[C@H]4[C@H]3N(C)C(=O)N4C)C2)c1. The summed E-state index contributed by atoms with van der Waals surface area (Å²) >= 11 is 0. The molecule has 1 N–H and O–H groups in total. The van der Waals surface area contributed by atoms with Crippen LogP contribution in [0.1, 0.15) is 18.4 Å². The molecule has 162 valence electrons. The molecule has 9 nitrogen and oxygen atoms in total. The van der Waals surface area contributed by atoms with Crippen molar-refractivity contribution < 1.29 is 19.1 Å². The Morgan fingerprint density at radius 2 is 2.03 bits per heavy atom. The summed E-state index contributed by atoms with van der Waals surface area (Å²) in [6, 6.07) is 7.45. The molecule has 3 saturated heterocycles. The number of likely N-dealkylation sites (N-methyl/N-ethyl adjacent to an activating group) is 2. The normalized spacial score (nSPS) is 26.2. The van der Waals surface area contributed by atoms with Crippen LogP contribution in [0.25, 0.3) is 0 Å². The average molecular weight is 415 g/mol. The van der Waals surface area contributed by atoms with E-state index in [0.29, 0.717) is 19.7 Å². The van der Waals surface area contributed by atoms with Gasteiger partial charge < -0.3 is 24.8 Å². The predicted octanol–water partition coefficient (Wildman–Crippen LogP) is 1.29. The van der Waals surface area contributed by atoms with Crippen molar-refractivity contribution in [1.29, 1.82) is 0 Å². The van der Waals surface area contributed by atoms with Gasteiger partial charge in [-0.15, -0.1) is 0 Å². The van der Waals surface area contributed by atoms with Crippen molar-refractivity contribution in [3.63, 3.8) is 0 Å². The summed E-state index contributed by atoms with van der Waals surface area (Å²) in [5.74, 6) is 1.00. The molecule has 5 amide bonds. The fourth-order valence-electron chi connectivity index (χ4n) is 4.53. The molecule has 3 heterocycles. The first-order chi connectivity index (χ1) is 14.3. The van der Waals surface area contributed by atoms with Crippen molar-refractivity contribution in [3.8, 4) is 5.75 Å². The van der Waals surface area contributed by atoms with E-state index in [1.807, 2.05) is 36.1 Å². The van der Waals surface area contributed by atoms with Gasteiger partial charge in [-0.05, 0) is 37.5 Å². The summed E-state index contributed by atoms with van der Waals surface area (Å²) < 4.78 is 5.94. The maximum atomic E-state index is 13.0. The van der Waals surface area contributed by atoms with Crippen LogP contribution in [0.5, 0.6) is 5.75 Å². The third-order valence-corrected chi connectivity index (χ3v) is 6.20. The maximum absolute atomic E-state index is 13.0. The molecule has 0 radical (unpaired) electrons. The Morgan fingerprint density at radius 1 is 1.23 bits per heavy atom. The quantitative estimate of drug-likeness (QED) is 0.785. The Labute approximate surface area is 176 Å². The molecule has 3 fully saturated rings. The highest BCUT2D eigenvalue weighted by Gasteiger charge is 2.53. The lowest BCUT2D eigenvalue weighted by Crippen LogP contribution is -2.51. The van der Waals surface area contributed by atoms with Gasteiger partial charge in [0, 0.05) is 33.1 Å². The number of rotatable bonds is 5. The molecule has 3 atom stereocenters. The highest BCUT2D eigenvalue weighted by Crippen LogP contribution is 2.27. The van der Waals surface area contributed by atoms with E-state index in [1.165, 1.54) is 14.7 Å². The minimum atomic E-state index is -0.468. The molecule has 3 aliphatic heterocycles. The zero-order valence-electron chi connectivity index (χ0n) is 17.7. The maximum Gasteiger partial charge on any atom is 0.323 e. The van der Waals surface area contributed by atoms with E-state index in [1.54, 1.807) is 14.1 Å². The summed E-state index contributed by atoms with van der Waals surface area (Å²) in [5, 5.41) is 2.80. The number of ether oxygens (including phenoxy) is 1. The molecule has 4 rings (SSSR count). The number of amides is 5. The third-order valence-electron chi connectivity index (χ3n) is 6.20. The van der Waals surface area contributed by atoms with Crippen LogP contribution in [0.4, 0.5) is 9.59 Å². The summed E-state index contributed by atoms with van der Waals surface area (Å²) in [4.78, 5) is 43.8. The van der Waals surface area contributed by atoms with E-state index in [2.05, 4.69) is 5.32 Å². The molecular weight excluding hydrogens is 386 g/mol. The van der Waals surface area contributed by atoms with Crippen LogP contribution in [0.3, 0.4) is 0 Å². The largest absolute Gasteiger partial charge is 0.493 e. The number of hydrogen-bond acceptors (Lipinski definition) is 4. The molecule has 0 aromatic heterocycles. The summed E-state index contributed by atoms with van der Waals surface area (Å²) in [5.41, 5.74) is 1.15. The number of fused-ring (bicyclic) bond motifs is 1. The van der Waals surface area contributed by atoms with Gasteiger partial charge in [-0.1, -0.05) is 12.1 Å². The van der Waals surface area contributed by atoms with Crippen LogP contribution in [0.2, 0.25) is 0 Å². The number of nitrogens with zero attached hydrogens (tertiary/aromatic N) is 4. The zero-order chi connectivity index (χ0) is 21.4. The fraction of sp³-hybridized carbons (Fsp3) is 0.571. The highest BCUT2D eigenvalue weighted by atomic mass is 16.5. The number of urea groups is 2. The van der Waals surface area contributed by atoms with Crippen LogP contribution < -0.4 is 10.1 Å². The second-order valence-electron chi connectivity index (χ2n) is 8.42. The third kappa shape index (κ3) is 3.76. The van der Waals surface area contributed by atoms with Crippen molar-refractivity contribution in [2.45, 2.75) is 32.1 Å². The van der Waals surface area contributed by atoms with E-state index in [4.69, 9.17) is 4.74 Å². The highest BCUT2D eigenvalue weighted by molar-refractivity contribution is 5.88. The van der Waals surface area contributed by atoms with E-state index in [9.17, 15) is 14.4 Å². The smallest absolute Gasteiger partial charge is 0.323 e. The van der Waals surface area contributed by atoms with Crippen molar-refractivity contribution in [3.05, 3.63) is 29.8 Å². The molecule has 9 heteroatoms. The van der Waals surface area contributed by atoms with Crippen LogP contribution in [0, 0.1) is 12.8 Å². The van der Waals surface area contributed by atoms with Gasteiger partial charge in [0.25, 0.3) is 0 Å². The van der Waals surface area contributed by atoms with E-state index in [-0.39, 0.29) is 30.4 Å². The average Bonchev–Trinajstić information content (AvgIpc) is 3.16. The Morgan fingerprint density at radius 3 is 2.80 bits per heavy atom. The van der Waals surface area contributed by atoms with Gasteiger partial charge >= 0.3 is 12.1 Å². The Bertz CT molecular complexity index is 846. The Kier molecular flexibility index (Phi) is 5.44. The molecule has 3 aliphatic rings.